The van der Waals surface area contributed by atoms with Crippen LogP contribution in [0.3, 0.4) is 0 Å². The Balaban J connectivity index is 1.47. The summed E-state index contributed by atoms with van der Waals surface area (Å²) in [4.78, 5) is 23.3. The Kier molecular flexibility index (Phi) is 9.32. The summed E-state index contributed by atoms with van der Waals surface area (Å²) in [5.74, 6) is -0.340. The second kappa shape index (κ2) is 11.8. The van der Waals surface area contributed by atoms with Crippen molar-refractivity contribution in [3.05, 3.63) is 36.0 Å². The van der Waals surface area contributed by atoms with Gasteiger partial charge in [-0.2, -0.15) is 0 Å². The van der Waals surface area contributed by atoms with E-state index in [0.29, 0.717) is 6.61 Å². The topological polar surface area (TPSA) is 107 Å². The van der Waals surface area contributed by atoms with E-state index < -0.39 is 17.8 Å². The van der Waals surface area contributed by atoms with Crippen LogP contribution in [0.4, 0.5) is 0 Å². The summed E-state index contributed by atoms with van der Waals surface area (Å²) in [6, 6.07) is -0.0868. The van der Waals surface area contributed by atoms with E-state index >= 15 is 0 Å². The maximum absolute atomic E-state index is 12.3. The van der Waals surface area contributed by atoms with Gasteiger partial charge in [-0.1, -0.05) is 30.7 Å². The molecule has 0 radical (unpaired) electrons. The monoisotopic (exact) mass is 491 g/mol. The molecule has 0 bridgehead atoms. The van der Waals surface area contributed by atoms with Crippen molar-refractivity contribution in [2.45, 2.75) is 109 Å². The Hall–Kier alpha value is -2.00. The SMILES string of the molecule is CC(=O)O[C@@H](C)/C=C\C(=O)N[C@@H]1C[C@H](C)[C@H](C/C=C(C)/C=C/C2O[C@H](C)C[C@@]3(CO3)[C@H]2O)O[C@@H]1C. The van der Waals surface area contributed by atoms with E-state index in [0.717, 1.165) is 24.8 Å². The van der Waals surface area contributed by atoms with Crippen LogP contribution in [-0.2, 0) is 28.5 Å². The van der Waals surface area contributed by atoms with Crippen molar-refractivity contribution in [2.75, 3.05) is 6.61 Å². The molecule has 2 N–H and O–H groups in total. The molecule has 0 aromatic heterocycles. The molecule has 9 atom stereocenters. The predicted molar refractivity (Wildman–Crippen MR) is 132 cm³/mol. The molecule has 0 aliphatic carbocycles. The lowest BCUT2D eigenvalue weighted by atomic mass is 9.87. The van der Waals surface area contributed by atoms with E-state index in [1.165, 1.54) is 13.0 Å². The van der Waals surface area contributed by atoms with Crippen LogP contribution in [0.2, 0.25) is 0 Å². The highest BCUT2D eigenvalue weighted by atomic mass is 16.6. The Morgan fingerprint density at radius 3 is 2.57 bits per heavy atom. The number of ether oxygens (including phenoxy) is 4. The van der Waals surface area contributed by atoms with Gasteiger partial charge in [0.15, 0.2) is 0 Å². The van der Waals surface area contributed by atoms with Gasteiger partial charge >= 0.3 is 5.97 Å². The lowest BCUT2D eigenvalue weighted by Gasteiger charge is -2.39. The maximum Gasteiger partial charge on any atom is 0.303 e. The Labute approximate surface area is 208 Å². The number of amides is 1. The summed E-state index contributed by atoms with van der Waals surface area (Å²) in [5.41, 5.74) is 0.657. The maximum atomic E-state index is 12.3. The number of nitrogens with one attached hydrogen (secondary N) is 1. The standard InChI is InChI=1S/C27H41NO7/c1-16(8-11-24-26(31)27(15-32-27)14-19(4)34-24)7-10-23-17(2)13-22(20(5)35-23)28-25(30)12-9-18(3)33-21(6)29/h7-9,11-12,17-20,22-24,26,31H,10,13-15H2,1-6H3,(H,28,30)/b11-8+,12-9-,16-7+/t17-,18-,19+,20+,22+,23-,24?,26-,27+/m0/s1. The van der Waals surface area contributed by atoms with Crippen molar-refractivity contribution < 1.29 is 33.6 Å². The zero-order valence-electron chi connectivity index (χ0n) is 21.7. The van der Waals surface area contributed by atoms with Gasteiger partial charge in [0, 0.05) is 19.4 Å². The van der Waals surface area contributed by atoms with Gasteiger partial charge in [-0.05, 0) is 52.5 Å². The Morgan fingerprint density at radius 2 is 1.91 bits per heavy atom. The third-order valence-electron chi connectivity index (χ3n) is 7.02. The number of rotatable bonds is 8. The molecule has 1 amide bonds. The number of esters is 1. The first kappa shape index (κ1) is 27.6. The van der Waals surface area contributed by atoms with Crippen LogP contribution in [0.1, 0.15) is 60.8 Å². The third kappa shape index (κ3) is 7.74. The fourth-order valence-electron chi connectivity index (χ4n) is 4.91. The number of hydrogen-bond donors (Lipinski definition) is 2. The van der Waals surface area contributed by atoms with Crippen molar-refractivity contribution in [1.82, 2.24) is 5.32 Å². The lowest BCUT2D eigenvalue weighted by Crippen LogP contribution is -2.50. The summed E-state index contributed by atoms with van der Waals surface area (Å²) >= 11 is 0. The summed E-state index contributed by atoms with van der Waals surface area (Å²) in [7, 11) is 0. The Morgan fingerprint density at radius 1 is 1.20 bits per heavy atom. The van der Waals surface area contributed by atoms with Crippen molar-refractivity contribution in [2.24, 2.45) is 5.92 Å². The van der Waals surface area contributed by atoms with Crippen molar-refractivity contribution in [3.63, 3.8) is 0 Å². The van der Waals surface area contributed by atoms with Gasteiger partial charge in [-0.25, -0.2) is 0 Å². The molecule has 35 heavy (non-hydrogen) atoms. The van der Waals surface area contributed by atoms with Gasteiger partial charge in [-0.3, -0.25) is 9.59 Å². The van der Waals surface area contributed by atoms with Crippen LogP contribution in [-0.4, -0.2) is 71.9 Å². The van der Waals surface area contributed by atoms with E-state index in [1.807, 2.05) is 32.9 Å². The summed E-state index contributed by atoms with van der Waals surface area (Å²) < 4.78 is 22.7. The molecule has 3 heterocycles. The molecule has 3 aliphatic heterocycles. The molecule has 3 rings (SSSR count). The van der Waals surface area contributed by atoms with E-state index in [1.54, 1.807) is 13.0 Å². The summed E-state index contributed by atoms with van der Waals surface area (Å²) in [6.07, 6.45) is 9.86. The zero-order chi connectivity index (χ0) is 25.8. The molecule has 1 spiro atoms. The van der Waals surface area contributed by atoms with Crippen molar-refractivity contribution in [3.8, 4) is 0 Å². The molecule has 8 nitrogen and oxygen atoms in total. The van der Waals surface area contributed by atoms with E-state index in [2.05, 4.69) is 18.3 Å². The Bertz CT molecular complexity index is 846. The number of carbonyl (C=O) groups excluding carboxylic acids is 2. The number of hydrogen-bond acceptors (Lipinski definition) is 7. The minimum absolute atomic E-state index is 0.0546. The molecule has 0 aromatic carbocycles. The highest BCUT2D eigenvalue weighted by molar-refractivity contribution is 5.87. The average Bonchev–Trinajstić information content (AvgIpc) is 3.54. The highest BCUT2D eigenvalue weighted by Gasteiger charge is 2.57. The predicted octanol–water partition coefficient (Wildman–Crippen LogP) is 2.99. The number of allylic oxidation sites excluding steroid dienone is 2. The molecular formula is C27H41NO7. The first-order valence-electron chi connectivity index (χ1n) is 12.6. The molecular weight excluding hydrogens is 450 g/mol. The first-order valence-corrected chi connectivity index (χ1v) is 12.6. The quantitative estimate of drug-likeness (QED) is 0.233. The molecule has 3 saturated heterocycles. The normalized spacial score (nSPS) is 38.6. The molecule has 3 aliphatic rings. The number of aliphatic hydroxyl groups is 1. The van der Waals surface area contributed by atoms with Gasteiger partial charge in [-0.15, -0.1) is 0 Å². The molecule has 1 unspecified atom stereocenters. The zero-order valence-corrected chi connectivity index (χ0v) is 21.7. The van der Waals surface area contributed by atoms with E-state index in [-0.39, 0.29) is 48.3 Å². The number of aliphatic hydroxyl groups excluding tert-OH is 1. The summed E-state index contributed by atoms with van der Waals surface area (Å²) in [6.45, 7) is 11.8. The van der Waals surface area contributed by atoms with Crippen LogP contribution in [0.15, 0.2) is 36.0 Å². The van der Waals surface area contributed by atoms with Gasteiger partial charge < -0.3 is 29.4 Å². The first-order chi connectivity index (χ1) is 16.5. The van der Waals surface area contributed by atoms with E-state index in [4.69, 9.17) is 18.9 Å². The average molecular weight is 492 g/mol. The minimum Gasteiger partial charge on any atom is -0.459 e. The highest BCUT2D eigenvalue weighted by Crippen LogP contribution is 2.42. The van der Waals surface area contributed by atoms with Gasteiger partial charge in [0.1, 0.15) is 23.9 Å². The molecule has 8 heteroatoms. The fraction of sp³-hybridized carbons (Fsp3) is 0.704. The molecule has 3 fully saturated rings. The van der Waals surface area contributed by atoms with Gasteiger partial charge in [0.25, 0.3) is 0 Å². The number of epoxide rings is 1. The number of carbonyl (C=O) groups is 2. The molecule has 0 aromatic rings. The minimum atomic E-state index is -0.642. The smallest absolute Gasteiger partial charge is 0.303 e. The van der Waals surface area contributed by atoms with Crippen molar-refractivity contribution >= 4 is 11.9 Å². The van der Waals surface area contributed by atoms with Crippen LogP contribution in [0.25, 0.3) is 0 Å². The van der Waals surface area contributed by atoms with Crippen LogP contribution >= 0.6 is 0 Å². The fourth-order valence-corrected chi connectivity index (χ4v) is 4.91. The van der Waals surface area contributed by atoms with Crippen LogP contribution in [0, 0.1) is 5.92 Å². The van der Waals surface area contributed by atoms with Gasteiger partial charge in [0.2, 0.25) is 5.91 Å². The van der Waals surface area contributed by atoms with Crippen molar-refractivity contribution in [1.29, 1.82) is 0 Å². The molecule has 0 saturated carbocycles. The third-order valence-corrected chi connectivity index (χ3v) is 7.02. The molecule has 196 valence electrons. The summed E-state index contributed by atoms with van der Waals surface area (Å²) in [5, 5.41) is 13.6. The van der Waals surface area contributed by atoms with Gasteiger partial charge in [0.05, 0.1) is 31.0 Å². The van der Waals surface area contributed by atoms with Crippen LogP contribution < -0.4 is 5.32 Å². The largest absolute Gasteiger partial charge is 0.459 e. The lowest BCUT2D eigenvalue weighted by molar-refractivity contribution is -0.143. The van der Waals surface area contributed by atoms with Crippen LogP contribution in [0.5, 0.6) is 0 Å². The second-order valence-electron chi connectivity index (χ2n) is 10.3. The van der Waals surface area contributed by atoms with E-state index in [9.17, 15) is 14.7 Å². The second-order valence-corrected chi connectivity index (χ2v) is 10.3.